The van der Waals surface area contributed by atoms with Crippen LogP contribution in [-0.4, -0.2) is 5.91 Å². The average molecular weight is 273 g/mol. The van der Waals surface area contributed by atoms with Crippen molar-refractivity contribution in [1.29, 1.82) is 0 Å². The first-order chi connectivity index (χ1) is 9.36. The number of carbonyl (C=O) groups is 1. The van der Waals surface area contributed by atoms with E-state index in [1.165, 1.54) is 12.1 Å². The van der Waals surface area contributed by atoms with Crippen molar-refractivity contribution >= 4 is 11.6 Å². The van der Waals surface area contributed by atoms with Gasteiger partial charge in [-0.25, -0.2) is 4.39 Å². The lowest BCUT2D eigenvalue weighted by molar-refractivity contribution is -0.123. The molecule has 3 heteroatoms. The Labute approximate surface area is 119 Å². The minimum Gasteiger partial charge on any atom is -0.325 e. The van der Waals surface area contributed by atoms with Gasteiger partial charge in [0.25, 0.3) is 0 Å². The predicted octanol–water partition coefficient (Wildman–Crippen LogP) is 4.15. The van der Waals surface area contributed by atoms with Crippen LogP contribution in [0.15, 0.2) is 36.4 Å². The number of amides is 1. The summed E-state index contributed by atoms with van der Waals surface area (Å²) in [6, 6.07) is 5.91. The Morgan fingerprint density at radius 3 is 2.55 bits per heavy atom. The number of nitrogens with one attached hydrogen (secondary N) is 1. The lowest BCUT2D eigenvalue weighted by atomic mass is 9.68. The Hall–Kier alpha value is -1.64. The van der Waals surface area contributed by atoms with Crippen LogP contribution in [0.3, 0.4) is 0 Å². The van der Waals surface area contributed by atoms with E-state index in [0.29, 0.717) is 11.6 Å². The smallest absolute Gasteiger partial charge is 0.234 e. The molecule has 3 rings (SSSR count). The minimum absolute atomic E-state index is 0.0159. The van der Waals surface area contributed by atoms with E-state index in [0.717, 1.165) is 24.8 Å². The van der Waals surface area contributed by atoms with E-state index in [4.69, 9.17) is 0 Å². The summed E-state index contributed by atoms with van der Waals surface area (Å²) in [5, 5.41) is 2.93. The third-order valence-corrected chi connectivity index (χ3v) is 5.43. The van der Waals surface area contributed by atoms with Gasteiger partial charge < -0.3 is 5.32 Å². The van der Waals surface area contributed by atoms with E-state index in [2.05, 4.69) is 25.7 Å². The molecule has 0 aliphatic heterocycles. The molecule has 1 N–H and O–H groups in total. The van der Waals surface area contributed by atoms with Crippen molar-refractivity contribution in [1.82, 2.24) is 0 Å². The number of rotatable bonds is 2. The fraction of sp³-hybridized carbons (Fsp3) is 0.471. The molecule has 1 aromatic carbocycles. The molecule has 0 saturated heterocycles. The highest BCUT2D eigenvalue weighted by Crippen LogP contribution is 2.65. The highest BCUT2D eigenvalue weighted by atomic mass is 19.1. The molecule has 2 saturated carbocycles. The van der Waals surface area contributed by atoms with Gasteiger partial charge in [-0.3, -0.25) is 4.79 Å². The first-order valence-electron chi connectivity index (χ1n) is 7.13. The monoisotopic (exact) mass is 273 g/mol. The molecule has 0 aromatic heterocycles. The maximum Gasteiger partial charge on any atom is 0.234 e. The lowest BCUT2D eigenvalue weighted by Gasteiger charge is -2.37. The molecule has 20 heavy (non-hydrogen) atoms. The highest BCUT2D eigenvalue weighted by molar-refractivity contribution is 5.98. The Morgan fingerprint density at radius 1 is 1.35 bits per heavy atom. The number of carbonyl (C=O) groups excluding carboxylic acids is 1. The van der Waals surface area contributed by atoms with Gasteiger partial charge in [0.2, 0.25) is 5.91 Å². The zero-order valence-electron chi connectivity index (χ0n) is 12.0. The Morgan fingerprint density at radius 2 is 2.00 bits per heavy atom. The second-order valence-electron chi connectivity index (χ2n) is 6.68. The Kier molecular flexibility index (Phi) is 2.79. The van der Waals surface area contributed by atoms with Crippen LogP contribution < -0.4 is 5.32 Å². The summed E-state index contributed by atoms with van der Waals surface area (Å²) < 4.78 is 12.9. The molecule has 2 aliphatic carbocycles. The summed E-state index contributed by atoms with van der Waals surface area (Å²) in [5.41, 5.74) is 1.31. The molecular weight excluding hydrogens is 253 g/mol. The molecular formula is C17H20FNO. The summed E-state index contributed by atoms with van der Waals surface area (Å²) >= 11 is 0. The summed E-state index contributed by atoms with van der Waals surface area (Å²) in [5.74, 6) is 0.268. The van der Waals surface area contributed by atoms with E-state index >= 15 is 0 Å². The number of fused-ring (bicyclic) bond motifs is 2. The molecule has 1 amide bonds. The van der Waals surface area contributed by atoms with Crippen LogP contribution in [0, 0.1) is 22.6 Å². The SMILES string of the molecule is C=C1C(C)(C)[C@@H]2CC[C@]1(C(=O)Nc1ccc(F)cc1)C2. The van der Waals surface area contributed by atoms with Crippen molar-refractivity contribution in [2.45, 2.75) is 33.1 Å². The van der Waals surface area contributed by atoms with Gasteiger partial charge in [0.1, 0.15) is 5.82 Å². The fourth-order valence-electron chi connectivity index (χ4n) is 3.93. The van der Waals surface area contributed by atoms with Gasteiger partial charge in [-0.15, -0.1) is 0 Å². The quantitative estimate of drug-likeness (QED) is 0.806. The zero-order valence-corrected chi connectivity index (χ0v) is 12.0. The first kappa shape index (κ1) is 13.3. The van der Waals surface area contributed by atoms with E-state index in [9.17, 15) is 9.18 Å². The minimum atomic E-state index is -0.428. The van der Waals surface area contributed by atoms with Gasteiger partial charge in [-0.2, -0.15) is 0 Å². The van der Waals surface area contributed by atoms with Crippen molar-refractivity contribution in [3.05, 3.63) is 42.2 Å². The van der Waals surface area contributed by atoms with Crippen molar-refractivity contribution in [3.8, 4) is 0 Å². The summed E-state index contributed by atoms with van der Waals surface area (Å²) in [6.07, 6.45) is 2.86. The average Bonchev–Trinajstić information content (AvgIpc) is 2.93. The third-order valence-electron chi connectivity index (χ3n) is 5.43. The summed E-state index contributed by atoms with van der Waals surface area (Å²) in [7, 11) is 0. The predicted molar refractivity (Wildman–Crippen MR) is 77.7 cm³/mol. The van der Waals surface area contributed by atoms with E-state index < -0.39 is 5.41 Å². The van der Waals surface area contributed by atoms with E-state index in [-0.39, 0.29) is 17.1 Å². The first-order valence-corrected chi connectivity index (χ1v) is 7.13. The van der Waals surface area contributed by atoms with Crippen molar-refractivity contribution < 1.29 is 9.18 Å². The lowest BCUT2D eigenvalue weighted by Crippen LogP contribution is -2.37. The van der Waals surface area contributed by atoms with Crippen LogP contribution in [-0.2, 0) is 4.79 Å². The van der Waals surface area contributed by atoms with Crippen LogP contribution >= 0.6 is 0 Å². The molecule has 0 radical (unpaired) electrons. The Bertz CT molecular complexity index is 575. The molecule has 2 aliphatic rings. The van der Waals surface area contributed by atoms with Crippen LogP contribution in [0.2, 0.25) is 0 Å². The number of halogens is 1. The van der Waals surface area contributed by atoms with Crippen molar-refractivity contribution in [3.63, 3.8) is 0 Å². The molecule has 2 atom stereocenters. The zero-order chi connectivity index (χ0) is 14.5. The molecule has 0 spiro atoms. The number of hydrogen-bond acceptors (Lipinski definition) is 1. The molecule has 2 fully saturated rings. The molecule has 0 unspecified atom stereocenters. The van der Waals surface area contributed by atoms with Crippen LogP contribution in [0.4, 0.5) is 10.1 Å². The molecule has 106 valence electrons. The fourth-order valence-corrected chi connectivity index (χ4v) is 3.93. The van der Waals surface area contributed by atoms with Crippen LogP contribution in [0.25, 0.3) is 0 Å². The summed E-state index contributed by atoms with van der Waals surface area (Å²) in [6.45, 7) is 8.59. The number of anilines is 1. The van der Waals surface area contributed by atoms with Gasteiger partial charge in [0.05, 0.1) is 5.41 Å². The molecule has 1 aromatic rings. The van der Waals surface area contributed by atoms with Gasteiger partial charge in [-0.1, -0.05) is 26.0 Å². The Balaban J connectivity index is 1.84. The van der Waals surface area contributed by atoms with Gasteiger partial charge in [-0.05, 0) is 54.9 Å². The van der Waals surface area contributed by atoms with Gasteiger partial charge in [0.15, 0.2) is 0 Å². The topological polar surface area (TPSA) is 29.1 Å². The number of benzene rings is 1. The second kappa shape index (κ2) is 4.18. The van der Waals surface area contributed by atoms with Crippen LogP contribution in [0.1, 0.15) is 33.1 Å². The van der Waals surface area contributed by atoms with E-state index in [1.54, 1.807) is 12.1 Å². The van der Waals surface area contributed by atoms with Crippen LogP contribution in [0.5, 0.6) is 0 Å². The van der Waals surface area contributed by atoms with Crippen molar-refractivity contribution in [2.24, 2.45) is 16.7 Å². The number of hydrogen-bond donors (Lipinski definition) is 1. The van der Waals surface area contributed by atoms with Gasteiger partial charge >= 0.3 is 0 Å². The standard InChI is InChI=1S/C17H20FNO/c1-11-16(2,3)12-8-9-17(11,10-12)15(20)19-14-6-4-13(18)5-7-14/h4-7,12H,1,8-10H2,2-3H3,(H,19,20)/t12-,17+/m1/s1. The molecule has 2 nitrogen and oxygen atoms in total. The maximum absolute atomic E-state index is 12.9. The second-order valence-corrected chi connectivity index (χ2v) is 6.68. The van der Waals surface area contributed by atoms with Gasteiger partial charge in [0, 0.05) is 5.69 Å². The largest absolute Gasteiger partial charge is 0.325 e. The van der Waals surface area contributed by atoms with Crippen molar-refractivity contribution in [2.75, 3.05) is 5.32 Å². The maximum atomic E-state index is 12.9. The highest BCUT2D eigenvalue weighted by Gasteiger charge is 2.60. The normalized spacial score (nSPS) is 30.6. The molecule has 0 heterocycles. The molecule has 2 bridgehead atoms. The van der Waals surface area contributed by atoms with E-state index in [1.807, 2.05) is 0 Å². The third kappa shape index (κ3) is 1.72. The summed E-state index contributed by atoms with van der Waals surface area (Å²) in [4.78, 5) is 12.7.